The Labute approximate surface area is 128 Å². The van der Waals surface area contributed by atoms with Gasteiger partial charge in [0, 0.05) is 13.2 Å². The normalized spacial score (nSPS) is 12.2. The molecule has 1 aromatic heterocycles. The van der Waals surface area contributed by atoms with Crippen LogP contribution in [0.3, 0.4) is 0 Å². The average Bonchev–Trinajstić information content (AvgIpc) is 2.39. The van der Waals surface area contributed by atoms with Crippen molar-refractivity contribution in [3.63, 3.8) is 0 Å². The predicted octanol–water partition coefficient (Wildman–Crippen LogP) is 2.58. The minimum Gasteiger partial charge on any atom is -0.460 e. The smallest absolute Gasteiger partial charge is 0.323 e. The summed E-state index contributed by atoms with van der Waals surface area (Å²) in [5.41, 5.74) is 6.37. The van der Waals surface area contributed by atoms with Crippen LogP contribution in [0.1, 0.15) is 25.3 Å². The first kappa shape index (κ1) is 17.2. The summed E-state index contributed by atoms with van der Waals surface area (Å²) in [5, 5.41) is 0.502. The van der Waals surface area contributed by atoms with Crippen molar-refractivity contribution in [3.05, 3.63) is 28.0 Å². The van der Waals surface area contributed by atoms with Gasteiger partial charge in [-0.15, -0.1) is 0 Å². The van der Waals surface area contributed by atoms with Crippen molar-refractivity contribution in [2.24, 2.45) is 5.73 Å². The van der Waals surface area contributed by atoms with E-state index in [1.165, 1.54) is 0 Å². The van der Waals surface area contributed by atoms with Gasteiger partial charge in [0.15, 0.2) is 0 Å². The molecule has 0 saturated heterocycles. The van der Waals surface area contributed by atoms with Crippen LogP contribution in [0.15, 0.2) is 12.1 Å². The van der Waals surface area contributed by atoms with E-state index in [1.54, 1.807) is 12.1 Å². The fourth-order valence-corrected chi connectivity index (χ4v) is 1.94. The van der Waals surface area contributed by atoms with Gasteiger partial charge in [0.2, 0.25) is 0 Å². The summed E-state index contributed by atoms with van der Waals surface area (Å²) < 4.78 is 10.4. The zero-order valence-corrected chi connectivity index (χ0v) is 12.8. The summed E-state index contributed by atoms with van der Waals surface area (Å²) in [6.45, 7) is 3.18. The van der Waals surface area contributed by atoms with Gasteiger partial charge in [-0.3, -0.25) is 4.79 Å². The van der Waals surface area contributed by atoms with E-state index in [2.05, 4.69) is 4.98 Å². The second-order valence-corrected chi connectivity index (χ2v) is 5.01. The molecular weight excluding hydrogens is 303 g/mol. The number of pyridine rings is 1. The van der Waals surface area contributed by atoms with Crippen molar-refractivity contribution in [1.29, 1.82) is 0 Å². The van der Waals surface area contributed by atoms with E-state index in [9.17, 15) is 4.79 Å². The van der Waals surface area contributed by atoms with Crippen LogP contribution in [0.2, 0.25) is 10.3 Å². The Morgan fingerprint density at radius 2 is 2.00 bits per heavy atom. The Morgan fingerprint density at radius 3 is 2.60 bits per heavy atom. The molecule has 0 aliphatic heterocycles. The zero-order valence-electron chi connectivity index (χ0n) is 11.3. The molecule has 0 aromatic carbocycles. The third kappa shape index (κ3) is 6.52. The van der Waals surface area contributed by atoms with Gasteiger partial charge in [0.25, 0.3) is 0 Å². The summed E-state index contributed by atoms with van der Waals surface area (Å²) in [4.78, 5) is 15.5. The van der Waals surface area contributed by atoms with Crippen LogP contribution in [0.5, 0.6) is 0 Å². The van der Waals surface area contributed by atoms with Crippen LogP contribution >= 0.6 is 23.2 Å². The topological polar surface area (TPSA) is 74.4 Å². The lowest BCUT2D eigenvalue weighted by Gasteiger charge is -2.11. The maximum Gasteiger partial charge on any atom is 0.323 e. The van der Waals surface area contributed by atoms with Crippen LogP contribution in [0.4, 0.5) is 0 Å². The summed E-state index contributed by atoms with van der Waals surface area (Å²) in [6, 6.07) is 2.47. The SMILES string of the molecule is CCCOCC[C@H](N)C(=O)OCc1cc(Cl)nc(Cl)c1. The summed E-state index contributed by atoms with van der Waals surface area (Å²) in [7, 11) is 0. The van der Waals surface area contributed by atoms with E-state index in [1.807, 2.05) is 6.92 Å². The number of ether oxygens (including phenoxy) is 2. The molecule has 0 radical (unpaired) electrons. The highest BCUT2D eigenvalue weighted by atomic mass is 35.5. The number of carbonyl (C=O) groups is 1. The van der Waals surface area contributed by atoms with Gasteiger partial charge in [0.05, 0.1) is 0 Å². The molecule has 0 unspecified atom stereocenters. The van der Waals surface area contributed by atoms with E-state index in [-0.39, 0.29) is 16.9 Å². The van der Waals surface area contributed by atoms with Gasteiger partial charge in [-0.2, -0.15) is 0 Å². The molecule has 112 valence electrons. The van der Waals surface area contributed by atoms with E-state index >= 15 is 0 Å². The van der Waals surface area contributed by atoms with Crippen molar-refractivity contribution in [2.45, 2.75) is 32.4 Å². The van der Waals surface area contributed by atoms with Crippen molar-refractivity contribution in [3.8, 4) is 0 Å². The van der Waals surface area contributed by atoms with E-state index in [0.717, 1.165) is 6.42 Å². The number of hydrogen-bond donors (Lipinski definition) is 1. The lowest BCUT2D eigenvalue weighted by Crippen LogP contribution is -2.33. The minimum atomic E-state index is -0.695. The van der Waals surface area contributed by atoms with Crippen LogP contribution in [-0.4, -0.2) is 30.2 Å². The molecule has 0 aliphatic rings. The number of hydrogen-bond acceptors (Lipinski definition) is 5. The molecule has 0 fully saturated rings. The second kappa shape index (κ2) is 9.13. The number of rotatable bonds is 8. The van der Waals surface area contributed by atoms with E-state index in [4.69, 9.17) is 38.4 Å². The fourth-order valence-electron chi connectivity index (χ4n) is 1.43. The first-order valence-electron chi connectivity index (χ1n) is 6.35. The molecule has 20 heavy (non-hydrogen) atoms. The summed E-state index contributed by atoms with van der Waals surface area (Å²) >= 11 is 11.5. The molecule has 0 bridgehead atoms. The van der Waals surface area contributed by atoms with Gasteiger partial charge in [-0.1, -0.05) is 30.1 Å². The monoisotopic (exact) mass is 320 g/mol. The summed E-state index contributed by atoms with van der Waals surface area (Å²) in [6.07, 6.45) is 1.36. The second-order valence-electron chi connectivity index (χ2n) is 4.24. The molecule has 1 rings (SSSR count). The van der Waals surface area contributed by atoms with E-state index in [0.29, 0.717) is 25.2 Å². The summed E-state index contributed by atoms with van der Waals surface area (Å²) in [5.74, 6) is -0.478. The third-order valence-electron chi connectivity index (χ3n) is 2.43. The first-order chi connectivity index (χ1) is 9.52. The highest BCUT2D eigenvalue weighted by Crippen LogP contribution is 2.15. The molecule has 1 atom stereocenters. The number of halogens is 2. The Bertz CT molecular complexity index is 423. The van der Waals surface area contributed by atoms with Gasteiger partial charge in [0.1, 0.15) is 23.0 Å². The molecule has 5 nitrogen and oxygen atoms in total. The lowest BCUT2D eigenvalue weighted by atomic mass is 10.2. The molecule has 0 spiro atoms. The Hall–Kier alpha value is -0.880. The number of nitrogens with zero attached hydrogens (tertiary/aromatic N) is 1. The third-order valence-corrected chi connectivity index (χ3v) is 2.82. The van der Waals surface area contributed by atoms with Gasteiger partial charge >= 0.3 is 5.97 Å². The standard InChI is InChI=1S/C13H18Cl2N2O3/c1-2-4-19-5-3-10(16)13(18)20-8-9-6-11(14)17-12(15)7-9/h6-7,10H,2-5,8,16H2,1H3/t10-/m0/s1. The van der Waals surface area contributed by atoms with Crippen molar-refractivity contribution >= 4 is 29.2 Å². The first-order valence-corrected chi connectivity index (χ1v) is 7.10. The molecule has 7 heteroatoms. The Kier molecular flexibility index (Phi) is 7.84. The van der Waals surface area contributed by atoms with Gasteiger partial charge < -0.3 is 15.2 Å². The minimum absolute atomic E-state index is 0.0598. The quantitative estimate of drug-likeness (QED) is 0.452. The van der Waals surface area contributed by atoms with Crippen LogP contribution < -0.4 is 5.73 Å². The Balaban J connectivity index is 2.34. The van der Waals surface area contributed by atoms with Crippen LogP contribution in [0, 0.1) is 0 Å². The average molecular weight is 321 g/mol. The predicted molar refractivity (Wildman–Crippen MR) is 77.8 cm³/mol. The van der Waals surface area contributed by atoms with Crippen LogP contribution in [0.25, 0.3) is 0 Å². The fraction of sp³-hybridized carbons (Fsp3) is 0.538. The number of esters is 1. The molecule has 0 amide bonds. The molecule has 1 heterocycles. The Morgan fingerprint density at radius 1 is 1.35 bits per heavy atom. The van der Waals surface area contributed by atoms with Crippen LogP contribution in [-0.2, 0) is 20.9 Å². The molecule has 0 saturated carbocycles. The number of carbonyl (C=O) groups excluding carboxylic acids is 1. The van der Waals surface area contributed by atoms with Crippen molar-refractivity contribution in [2.75, 3.05) is 13.2 Å². The highest BCUT2D eigenvalue weighted by molar-refractivity contribution is 6.32. The zero-order chi connectivity index (χ0) is 15.0. The maximum absolute atomic E-state index is 11.7. The van der Waals surface area contributed by atoms with Gasteiger partial charge in [-0.25, -0.2) is 4.98 Å². The van der Waals surface area contributed by atoms with Crippen molar-refractivity contribution < 1.29 is 14.3 Å². The molecule has 1 aromatic rings. The van der Waals surface area contributed by atoms with Crippen molar-refractivity contribution in [1.82, 2.24) is 4.98 Å². The molecule has 2 N–H and O–H groups in total. The van der Waals surface area contributed by atoms with Gasteiger partial charge in [-0.05, 0) is 30.5 Å². The number of nitrogens with two attached hydrogens (primary N) is 1. The molecule has 0 aliphatic carbocycles. The largest absolute Gasteiger partial charge is 0.460 e. The van der Waals surface area contributed by atoms with E-state index < -0.39 is 12.0 Å². The lowest BCUT2D eigenvalue weighted by molar-refractivity contribution is -0.147. The number of aromatic nitrogens is 1. The maximum atomic E-state index is 11.7. The molecular formula is C13H18Cl2N2O3. The highest BCUT2D eigenvalue weighted by Gasteiger charge is 2.15.